The molecule has 697 valence electrons. The minimum atomic E-state index is -1.07. The normalized spacial score (nSPS) is 11.9. The van der Waals surface area contributed by atoms with E-state index in [0.717, 1.165) is 139 Å². The van der Waals surface area contributed by atoms with Gasteiger partial charge in [0.25, 0.3) is 0 Å². The summed E-state index contributed by atoms with van der Waals surface area (Å²) < 4.78 is 4.98. The summed E-state index contributed by atoms with van der Waals surface area (Å²) >= 11 is 7.58. The zero-order valence-corrected chi connectivity index (χ0v) is 84.3. The molecule has 4 aliphatic rings. The molecule has 4 aliphatic carbocycles. The number of nitriles is 2. The molecule has 7 aromatic heterocycles. The minimum Gasteiger partial charge on any atom is -0.537 e. The van der Waals surface area contributed by atoms with E-state index in [1.807, 2.05) is 160 Å². The molecule has 143 heavy (non-hydrogen) atoms. The quantitative estimate of drug-likeness (QED) is 0.0818. The number of aromatic nitrogens is 14. The first-order valence-electron chi connectivity index (χ1n) is 45.2. The number of aromatic carboxylic acids is 1. The summed E-state index contributed by atoms with van der Waals surface area (Å²) in [6.07, 6.45) is 23.6. The largest absolute Gasteiger partial charge is 2.00 e. The average molecular weight is 2090 g/mol. The van der Waals surface area contributed by atoms with E-state index in [-0.39, 0.29) is 69.4 Å². The number of carbonyl (C=O) groups excluding carboxylic acids is 1. The molecule has 27 heteroatoms. The maximum absolute atomic E-state index is 12.6. The first-order valence-corrected chi connectivity index (χ1v) is 47.7. The van der Waals surface area contributed by atoms with Crippen LogP contribution >= 0.6 is 34.2 Å². The van der Waals surface area contributed by atoms with Crippen LogP contribution in [0.15, 0.2) is 317 Å². The fraction of sp³-hybridized carbons (Fsp3) is 0.121. The summed E-state index contributed by atoms with van der Waals surface area (Å²) in [5, 5.41) is 62.1. The van der Waals surface area contributed by atoms with Crippen LogP contribution in [0.1, 0.15) is 133 Å². The number of alkyl halides is 1. The molecular formula is C116H90BBeClIN16O6Pd+2. The first kappa shape index (κ1) is 101. The van der Waals surface area contributed by atoms with Gasteiger partial charge in [-0.1, -0.05) is 262 Å². The van der Waals surface area contributed by atoms with Crippen molar-refractivity contribution in [3.05, 3.63) is 418 Å². The Hall–Kier alpha value is -15.9. The van der Waals surface area contributed by atoms with Crippen molar-refractivity contribution in [2.24, 2.45) is 0 Å². The van der Waals surface area contributed by atoms with Gasteiger partial charge in [-0.3, -0.25) is 49.7 Å². The van der Waals surface area contributed by atoms with Crippen LogP contribution in [0.3, 0.4) is 0 Å². The van der Waals surface area contributed by atoms with E-state index in [9.17, 15) is 19.8 Å². The van der Waals surface area contributed by atoms with Crippen LogP contribution in [-0.4, -0.2) is 120 Å². The van der Waals surface area contributed by atoms with Crippen molar-refractivity contribution in [2.45, 2.75) is 86.5 Å². The van der Waals surface area contributed by atoms with Gasteiger partial charge in [0, 0.05) is 163 Å². The Morgan fingerprint density at radius 3 is 1.24 bits per heavy atom. The number of aromatic hydroxyl groups is 1. The zero-order chi connectivity index (χ0) is 98.9. The molecule has 14 aromatic carbocycles. The third-order valence-electron chi connectivity index (χ3n) is 25.3. The van der Waals surface area contributed by atoms with Crippen molar-refractivity contribution in [3.63, 3.8) is 0 Å². The second-order valence-corrected chi connectivity index (χ2v) is 35.1. The molecule has 25 rings (SSSR count). The number of nitrogens with zero attached hydrogens (tertiary/aromatic N) is 16. The number of benzene rings is 14. The van der Waals surface area contributed by atoms with Crippen molar-refractivity contribution in [2.75, 3.05) is 4.93 Å². The van der Waals surface area contributed by atoms with E-state index in [4.69, 9.17) is 31.8 Å². The summed E-state index contributed by atoms with van der Waals surface area (Å²) in [7, 11) is 0.705. The molecule has 0 bridgehead atoms. The second kappa shape index (κ2) is 44.3. The summed E-state index contributed by atoms with van der Waals surface area (Å²) in [6.45, 7) is 21.0. The predicted molar refractivity (Wildman–Crippen MR) is 572 cm³/mol. The summed E-state index contributed by atoms with van der Waals surface area (Å²) in [5.74, 6) is -0.115. The number of carbonyl (C=O) groups is 2. The number of hydrogen-bond donors (Lipinski definition) is 3. The van der Waals surface area contributed by atoms with Gasteiger partial charge in [0.15, 0.2) is 22.2 Å². The number of carboxylic acid groups (broad SMARTS) is 1. The summed E-state index contributed by atoms with van der Waals surface area (Å²) in [4.78, 5) is 85.2. The Bertz CT molecular complexity index is 8460. The van der Waals surface area contributed by atoms with Crippen molar-refractivity contribution < 1.29 is 49.9 Å². The molecule has 22 nitrogen and oxygen atoms in total. The van der Waals surface area contributed by atoms with Crippen molar-refractivity contribution in [1.29, 1.82) is 10.5 Å². The third-order valence-corrected chi connectivity index (χ3v) is 25.6. The van der Waals surface area contributed by atoms with Gasteiger partial charge in [-0.2, -0.15) is 10.5 Å². The predicted octanol–water partition coefficient (Wildman–Crippen LogP) is 25.0. The average Bonchev–Trinajstić information content (AvgIpc) is 1.56. The molecule has 1 radical (unpaired) electrons. The van der Waals surface area contributed by atoms with Gasteiger partial charge in [-0.05, 0) is 202 Å². The van der Waals surface area contributed by atoms with Crippen LogP contribution in [-0.2, 0) is 37.7 Å². The fourth-order valence-corrected chi connectivity index (χ4v) is 19.2. The molecule has 0 aliphatic heterocycles. The maximum Gasteiger partial charge on any atom is 2.00 e. The molecule has 0 fully saturated rings. The van der Waals surface area contributed by atoms with Crippen molar-refractivity contribution in [3.8, 4) is 91.2 Å². The SMILES string of the molecule is CC1(C)c2nccnc2-c2c(O)cc3ccccc3c21.CI.Cc1cc2ccccc2c2c1-c1nccnc1C2.Cc1cc2ccccc2c2c1-c1nccnc1C2(C)C.Cc1cc2ccccc2c2c1-c1nccnc1C2=O.Cc1cc2ccccc2cc1-c1nccnc1C#N.Cc1cc2ccccc2cc1-c1nccnc1C(=O)O.Cc1cc2ccccc2cc1O[B]O.N#Cc1nccnc1Cl.[Be+2].[Pd]. The van der Waals surface area contributed by atoms with Crippen molar-refractivity contribution >= 4 is 139 Å². The topological polar surface area (TPSA) is 332 Å². The van der Waals surface area contributed by atoms with E-state index in [1.54, 1.807) is 68.0 Å². The van der Waals surface area contributed by atoms with Crippen LogP contribution in [0.5, 0.6) is 11.5 Å². The van der Waals surface area contributed by atoms with E-state index >= 15 is 0 Å². The van der Waals surface area contributed by atoms with Crippen LogP contribution < -0.4 is 4.65 Å². The number of hydrogen-bond acceptors (Lipinski definition) is 21. The number of aryl methyl sites for hydroxylation is 6. The molecule has 0 saturated carbocycles. The smallest absolute Gasteiger partial charge is 0.537 e. The van der Waals surface area contributed by atoms with Crippen LogP contribution in [0.25, 0.3) is 143 Å². The molecule has 0 saturated heterocycles. The van der Waals surface area contributed by atoms with Crippen LogP contribution in [0, 0.1) is 64.2 Å². The van der Waals surface area contributed by atoms with Gasteiger partial charge in [-0.25, -0.2) is 29.7 Å². The Balaban J connectivity index is 0.000000123. The third kappa shape index (κ3) is 20.3. The summed E-state index contributed by atoms with van der Waals surface area (Å²) in [5.41, 5.74) is 25.9. The number of fused-ring (bicyclic) bond motifs is 23. The number of phenolic OH excluding ortho intramolecular Hbond substituents is 1. The molecule has 0 atom stereocenters. The number of carboxylic acids is 1. The standard InChI is InChI=1S/C18H16N2.C17H14N2O.C16H11N3.C16H12N2O2.C16H10N2O.C16H12N2.C11H10BO2.C5H2ClN3.CH3I.Be.Pd/c1-11-10-12-6-4-5-7-13(12)15-14(11)16-17(18(15,2)3)20-9-8-19-16;1-17(2)14-11-6-4-3-5-10(11)9-12(20)13(14)15-16(17)19-8-7-18-15;1-11-8-12-4-2-3-5-13(12)9-14(11)16-15(10-17)18-6-7-19-16;1-10-8-11-4-2-3-5-12(11)9-13(10)14-15(16(19)20)18-7-6-17-14;1-9-8-10-4-2-3-5-11(10)13-12(9)14-15(16(13)19)18-7-6-17-14;1-10-8-11-4-2-3-5-12(11)13-9-14-16(15(10)13)18-7-6-17-14;1-8-6-9-4-2-3-5-10(9)7-11(8)14-12-13;6-5-4(3-7)8-1-2-9-5;1-2;;/h4-10H,1-3H3;3-9,20H,1-2H3;2-9H,1H3;2-9H,1H3,(H,19,20);2-8H,1H3;2-8H,9H2,1H3;2-7,13H,1H3;1-2H;1H3;;/q;;;;;;;;;+2;. The Labute approximate surface area is 863 Å². The van der Waals surface area contributed by atoms with Gasteiger partial charge in [-0.15, -0.1) is 0 Å². The van der Waals surface area contributed by atoms with E-state index in [1.165, 1.54) is 90.5 Å². The summed E-state index contributed by atoms with van der Waals surface area (Å²) in [6, 6.07) is 81.8. The number of phenols is 1. The molecule has 0 unspecified atom stereocenters. The van der Waals surface area contributed by atoms with Crippen molar-refractivity contribution in [1.82, 2.24) is 69.8 Å². The molecule has 3 N–H and O–H groups in total. The first-order chi connectivity index (χ1) is 68.4. The van der Waals surface area contributed by atoms with Gasteiger partial charge in [0.1, 0.15) is 46.4 Å². The molecule has 0 spiro atoms. The van der Waals surface area contributed by atoms with Crippen LogP contribution in [0.4, 0.5) is 0 Å². The monoisotopic (exact) mass is 2090 g/mol. The van der Waals surface area contributed by atoms with Crippen LogP contribution in [0.2, 0.25) is 5.15 Å². The van der Waals surface area contributed by atoms with Gasteiger partial charge in [0.05, 0.1) is 34.2 Å². The maximum atomic E-state index is 12.6. The number of halogens is 2. The van der Waals surface area contributed by atoms with E-state index in [0.29, 0.717) is 41.9 Å². The van der Waals surface area contributed by atoms with E-state index < -0.39 is 5.97 Å². The number of ketones is 1. The molecule has 21 aromatic rings. The molecule has 7 heterocycles. The minimum absolute atomic E-state index is 0. The molecule has 0 amide bonds. The second-order valence-electron chi connectivity index (χ2n) is 34.8. The van der Waals surface area contributed by atoms with Gasteiger partial charge < -0.3 is 19.9 Å². The molecular weight excluding hydrogens is 2000 g/mol. The van der Waals surface area contributed by atoms with Gasteiger partial charge >= 0.3 is 23.8 Å². The van der Waals surface area contributed by atoms with Gasteiger partial charge in [0.2, 0.25) is 5.78 Å². The Kier molecular flexibility index (Phi) is 31.4. The van der Waals surface area contributed by atoms with E-state index in [2.05, 4.69) is 243 Å². The Morgan fingerprint density at radius 1 is 0.378 bits per heavy atom. The fourth-order valence-electron chi connectivity index (χ4n) is 19.1. The zero-order valence-electron chi connectivity index (χ0n) is 79.8. The Morgan fingerprint density at radius 2 is 0.734 bits per heavy atom. The number of rotatable bonds is 5.